The van der Waals surface area contributed by atoms with E-state index < -0.39 is 12.3 Å². The number of alkyl halides is 3. The Bertz CT molecular complexity index is 1020. The number of carbonyl (C=O) groups is 1. The van der Waals surface area contributed by atoms with Crippen LogP contribution in [-0.4, -0.2) is 38.5 Å². The summed E-state index contributed by atoms with van der Waals surface area (Å²) in [6.07, 6.45) is -3.33. The van der Waals surface area contributed by atoms with Gasteiger partial charge in [-0.05, 0) is 25.1 Å². The summed E-state index contributed by atoms with van der Waals surface area (Å²) >= 11 is 1.03. The molecule has 12 heteroatoms. The first-order valence-corrected chi connectivity index (χ1v) is 8.59. The van der Waals surface area contributed by atoms with E-state index in [0.717, 1.165) is 11.3 Å². The molecule has 8 nitrogen and oxygen atoms in total. The van der Waals surface area contributed by atoms with E-state index in [2.05, 4.69) is 15.0 Å². The van der Waals surface area contributed by atoms with E-state index in [1.54, 1.807) is 11.5 Å². The topological polar surface area (TPSA) is 95.0 Å². The number of aromatic nitrogens is 4. The minimum Gasteiger partial charge on any atom is -0.461 e. The van der Waals surface area contributed by atoms with Crippen LogP contribution in [0.4, 0.5) is 13.2 Å². The molecule has 144 valence electrons. The number of hydrogen-bond donors (Lipinski definition) is 1. The van der Waals surface area contributed by atoms with Gasteiger partial charge >= 0.3 is 12.3 Å². The fourth-order valence-electron chi connectivity index (χ4n) is 2.40. The molecule has 0 aliphatic heterocycles. The van der Waals surface area contributed by atoms with Gasteiger partial charge in [0.2, 0.25) is 0 Å². The molecule has 2 aromatic heterocycles. The molecule has 2 heterocycles. The number of aryl methyl sites for hydroxylation is 2. The minimum absolute atomic E-state index is 0.0806. The lowest BCUT2D eigenvalue weighted by molar-refractivity contribution is -0.274. The largest absolute Gasteiger partial charge is 0.573 e. The summed E-state index contributed by atoms with van der Waals surface area (Å²) in [7, 11) is 0. The maximum atomic E-state index is 12.3. The molecule has 0 spiro atoms. The third kappa shape index (κ3) is 4.45. The SMILES string of the molecule is CCOC(=O)c1cn(CCn2c(=N)sc3cc(OC(F)(F)F)ccc32)nn1. The van der Waals surface area contributed by atoms with Crippen LogP contribution in [-0.2, 0) is 17.8 Å². The summed E-state index contributed by atoms with van der Waals surface area (Å²) in [4.78, 5) is 11.8. The van der Waals surface area contributed by atoms with Gasteiger partial charge in [-0.1, -0.05) is 16.6 Å². The Kier molecular flexibility index (Phi) is 5.17. The van der Waals surface area contributed by atoms with Crippen molar-refractivity contribution >= 4 is 27.5 Å². The smallest absolute Gasteiger partial charge is 0.461 e. The van der Waals surface area contributed by atoms with Gasteiger partial charge < -0.3 is 14.0 Å². The van der Waals surface area contributed by atoms with Crippen LogP contribution < -0.4 is 9.54 Å². The molecular formula is C15H14F3N5O3S. The highest BCUT2D eigenvalue weighted by Gasteiger charge is 2.31. The van der Waals surface area contributed by atoms with Crippen molar-refractivity contribution in [3.05, 3.63) is 34.9 Å². The van der Waals surface area contributed by atoms with Crippen LogP contribution in [0.1, 0.15) is 17.4 Å². The Labute approximate surface area is 154 Å². The molecule has 0 saturated carbocycles. The second-order valence-electron chi connectivity index (χ2n) is 5.32. The number of thiazole rings is 1. The Morgan fingerprint density at radius 1 is 1.33 bits per heavy atom. The molecule has 0 aliphatic rings. The predicted octanol–water partition coefficient (Wildman–Crippen LogP) is 2.55. The standard InChI is InChI=1S/C15H14F3N5O3S/c1-2-25-13(24)10-8-22(21-20-10)5-6-23-11-4-3-9(26-15(16,17)18)7-12(11)27-14(23)19/h3-4,7-8,19H,2,5-6H2,1H3. The Hall–Kier alpha value is -2.89. The van der Waals surface area contributed by atoms with E-state index in [0.29, 0.717) is 23.3 Å². The third-order valence-electron chi connectivity index (χ3n) is 3.48. The molecule has 0 aliphatic carbocycles. The molecule has 1 N–H and O–H groups in total. The van der Waals surface area contributed by atoms with Gasteiger partial charge in [-0.25, -0.2) is 9.48 Å². The number of halogens is 3. The minimum atomic E-state index is -4.77. The van der Waals surface area contributed by atoms with Crippen LogP contribution in [0.5, 0.6) is 5.75 Å². The zero-order valence-electron chi connectivity index (χ0n) is 14.0. The maximum Gasteiger partial charge on any atom is 0.573 e. The molecule has 0 amide bonds. The van der Waals surface area contributed by atoms with Gasteiger partial charge in [0.05, 0.1) is 29.6 Å². The van der Waals surface area contributed by atoms with Crippen molar-refractivity contribution in [2.75, 3.05) is 6.61 Å². The highest BCUT2D eigenvalue weighted by Crippen LogP contribution is 2.27. The zero-order valence-corrected chi connectivity index (χ0v) is 14.8. The second kappa shape index (κ2) is 7.39. The van der Waals surface area contributed by atoms with E-state index >= 15 is 0 Å². The van der Waals surface area contributed by atoms with Crippen molar-refractivity contribution in [3.8, 4) is 5.75 Å². The van der Waals surface area contributed by atoms with Gasteiger partial charge in [-0.3, -0.25) is 5.41 Å². The Morgan fingerprint density at radius 2 is 2.11 bits per heavy atom. The molecule has 0 saturated heterocycles. The molecule has 27 heavy (non-hydrogen) atoms. The molecule has 3 aromatic rings. The van der Waals surface area contributed by atoms with Gasteiger partial charge in [-0.2, -0.15) is 0 Å². The van der Waals surface area contributed by atoms with Crippen molar-refractivity contribution in [2.45, 2.75) is 26.4 Å². The lowest BCUT2D eigenvalue weighted by Gasteiger charge is -2.09. The third-order valence-corrected chi connectivity index (χ3v) is 4.44. The van der Waals surface area contributed by atoms with Gasteiger partial charge in [-0.15, -0.1) is 18.3 Å². The number of rotatable bonds is 6. The summed E-state index contributed by atoms with van der Waals surface area (Å²) < 4.78 is 49.3. The van der Waals surface area contributed by atoms with Crippen LogP contribution in [0, 0.1) is 5.41 Å². The lowest BCUT2D eigenvalue weighted by Crippen LogP contribution is -2.17. The quantitative estimate of drug-likeness (QED) is 0.641. The van der Waals surface area contributed by atoms with Gasteiger partial charge in [0.1, 0.15) is 5.75 Å². The van der Waals surface area contributed by atoms with Crippen molar-refractivity contribution < 1.29 is 27.4 Å². The van der Waals surface area contributed by atoms with Crippen molar-refractivity contribution in [1.29, 1.82) is 5.41 Å². The van der Waals surface area contributed by atoms with Crippen LogP contribution in [0.3, 0.4) is 0 Å². The highest BCUT2D eigenvalue weighted by molar-refractivity contribution is 7.16. The van der Waals surface area contributed by atoms with Gasteiger partial charge in [0.15, 0.2) is 10.5 Å². The first kappa shape index (κ1) is 18.9. The number of benzene rings is 1. The molecule has 0 bridgehead atoms. The second-order valence-corrected chi connectivity index (χ2v) is 6.35. The van der Waals surface area contributed by atoms with Crippen LogP contribution >= 0.6 is 11.3 Å². The number of fused-ring (bicyclic) bond motifs is 1. The average molecular weight is 401 g/mol. The summed E-state index contributed by atoms with van der Waals surface area (Å²) in [6, 6.07) is 3.92. The fraction of sp³-hybridized carbons (Fsp3) is 0.333. The predicted molar refractivity (Wildman–Crippen MR) is 88.3 cm³/mol. The summed E-state index contributed by atoms with van der Waals surface area (Å²) in [5.74, 6) is -0.908. The first-order valence-electron chi connectivity index (χ1n) is 7.78. The fourth-order valence-corrected chi connectivity index (χ4v) is 3.36. The van der Waals surface area contributed by atoms with Gasteiger partial charge in [0, 0.05) is 6.54 Å². The summed E-state index contributed by atoms with van der Waals surface area (Å²) in [5.41, 5.74) is 0.683. The molecule has 1 aromatic carbocycles. The molecular weight excluding hydrogens is 387 g/mol. The van der Waals surface area contributed by atoms with Crippen LogP contribution in [0.15, 0.2) is 24.4 Å². The summed E-state index contributed by atoms with van der Waals surface area (Å²) in [5, 5.41) is 15.6. The number of nitrogens with one attached hydrogen (secondary N) is 1. The number of ether oxygens (including phenoxy) is 2. The number of nitrogens with zero attached hydrogens (tertiary/aromatic N) is 4. The van der Waals surface area contributed by atoms with E-state index in [-0.39, 0.29) is 22.9 Å². The molecule has 0 atom stereocenters. The first-order chi connectivity index (χ1) is 12.8. The normalized spacial score (nSPS) is 11.7. The van der Waals surface area contributed by atoms with E-state index in [4.69, 9.17) is 10.1 Å². The lowest BCUT2D eigenvalue weighted by atomic mass is 10.3. The number of hydrogen-bond acceptors (Lipinski definition) is 7. The molecule has 0 radical (unpaired) electrons. The Balaban J connectivity index is 1.76. The van der Waals surface area contributed by atoms with Crippen molar-refractivity contribution in [1.82, 2.24) is 19.6 Å². The van der Waals surface area contributed by atoms with E-state index in [1.807, 2.05) is 0 Å². The van der Waals surface area contributed by atoms with Crippen molar-refractivity contribution in [2.24, 2.45) is 0 Å². The van der Waals surface area contributed by atoms with E-state index in [9.17, 15) is 18.0 Å². The zero-order chi connectivity index (χ0) is 19.6. The molecule has 3 rings (SSSR count). The van der Waals surface area contributed by atoms with Crippen LogP contribution in [0.2, 0.25) is 0 Å². The molecule has 0 fully saturated rings. The van der Waals surface area contributed by atoms with Crippen LogP contribution in [0.25, 0.3) is 10.2 Å². The molecule has 0 unspecified atom stereocenters. The van der Waals surface area contributed by atoms with E-state index in [1.165, 1.54) is 29.1 Å². The Morgan fingerprint density at radius 3 is 2.81 bits per heavy atom. The number of esters is 1. The van der Waals surface area contributed by atoms with Gasteiger partial charge in [0.25, 0.3) is 0 Å². The highest BCUT2D eigenvalue weighted by atomic mass is 32.1. The average Bonchev–Trinajstić information content (AvgIpc) is 3.15. The monoisotopic (exact) mass is 401 g/mol. The number of carbonyl (C=O) groups excluding carboxylic acids is 1. The maximum absolute atomic E-state index is 12.3. The summed E-state index contributed by atoms with van der Waals surface area (Å²) in [6.45, 7) is 2.55. The van der Waals surface area contributed by atoms with Crippen molar-refractivity contribution in [3.63, 3.8) is 0 Å².